The van der Waals surface area contributed by atoms with Gasteiger partial charge in [-0.15, -0.1) is 0 Å². The molecule has 0 aliphatic rings. The van der Waals surface area contributed by atoms with Gasteiger partial charge in [0.05, 0.1) is 6.04 Å². The Kier molecular flexibility index (Phi) is 6.23. The van der Waals surface area contributed by atoms with E-state index in [-0.39, 0.29) is 23.8 Å². The molecular weight excluding hydrogens is 302 g/mol. The van der Waals surface area contributed by atoms with Gasteiger partial charge in [0.15, 0.2) is 0 Å². The SMILES string of the molecule is CCCCC(NC(=O)c1cc(C(C)C)nc(N)n1)c1cccnc1. The number of carbonyl (C=O) groups is 1. The summed E-state index contributed by atoms with van der Waals surface area (Å²) in [5, 5.41) is 3.05. The first-order valence-corrected chi connectivity index (χ1v) is 8.36. The number of hydrogen-bond donors (Lipinski definition) is 2. The highest BCUT2D eigenvalue weighted by atomic mass is 16.1. The molecule has 2 aromatic heterocycles. The van der Waals surface area contributed by atoms with Crippen molar-refractivity contribution in [3.63, 3.8) is 0 Å². The van der Waals surface area contributed by atoms with E-state index in [1.807, 2.05) is 26.0 Å². The molecule has 2 rings (SSSR count). The van der Waals surface area contributed by atoms with Crippen molar-refractivity contribution in [3.05, 3.63) is 47.5 Å². The van der Waals surface area contributed by atoms with E-state index in [9.17, 15) is 4.79 Å². The highest BCUT2D eigenvalue weighted by molar-refractivity contribution is 5.92. The van der Waals surface area contributed by atoms with Crippen LogP contribution in [0.1, 0.15) is 73.7 Å². The molecule has 0 spiro atoms. The zero-order valence-corrected chi connectivity index (χ0v) is 14.5. The maximum Gasteiger partial charge on any atom is 0.270 e. The van der Waals surface area contributed by atoms with Crippen LogP contribution in [0, 0.1) is 0 Å². The molecule has 0 saturated carbocycles. The number of anilines is 1. The molecule has 6 nitrogen and oxygen atoms in total. The smallest absolute Gasteiger partial charge is 0.270 e. The lowest BCUT2D eigenvalue weighted by Gasteiger charge is -2.19. The number of unbranched alkanes of at least 4 members (excludes halogenated alkanes) is 1. The Morgan fingerprint density at radius 1 is 1.33 bits per heavy atom. The number of amides is 1. The molecule has 0 radical (unpaired) electrons. The van der Waals surface area contributed by atoms with Crippen molar-refractivity contribution in [2.45, 2.75) is 52.0 Å². The van der Waals surface area contributed by atoms with Crippen LogP contribution in [0.3, 0.4) is 0 Å². The van der Waals surface area contributed by atoms with Gasteiger partial charge in [-0.1, -0.05) is 39.7 Å². The number of rotatable bonds is 7. The Morgan fingerprint density at radius 2 is 2.12 bits per heavy atom. The quantitative estimate of drug-likeness (QED) is 0.814. The fourth-order valence-corrected chi connectivity index (χ4v) is 2.44. The maximum atomic E-state index is 12.6. The minimum absolute atomic E-state index is 0.0927. The number of aromatic nitrogens is 3. The van der Waals surface area contributed by atoms with Crippen LogP contribution in [-0.4, -0.2) is 20.9 Å². The lowest BCUT2D eigenvalue weighted by atomic mass is 10.0. The summed E-state index contributed by atoms with van der Waals surface area (Å²) in [7, 11) is 0. The summed E-state index contributed by atoms with van der Waals surface area (Å²) in [6, 6.07) is 5.46. The van der Waals surface area contributed by atoms with Gasteiger partial charge in [-0.25, -0.2) is 9.97 Å². The molecule has 3 N–H and O–H groups in total. The van der Waals surface area contributed by atoms with Crippen LogP contribution in [0.5, 0.6) is 0 Å². The van der Waals surface area contributed by atoms with Gasteiger partial charge in [-0.05, 0) is 30.0 Å². The number of carbonyl (C=O) groups excluding carboxylic acids is 1. The third-order valence-electron chi connectivity index (χ3n) is 3.83. The van der Waals surface area contributed by atoms with E-state index < -0.39 is 0 Å². The molecule has 0 fully saturated rings. The van der Waals surface area contributed by atoms with Gasteiger partial charge in [0.2, 0.25) is 5.95 Å². The van der Waals surface area contributed by atoms with Crippen molar-refractivity contribution < 1.29 is 4.79 Å². The van der Waals surface area contributed by atoms with Crippen molar-refractivity contribution in [2.75, 3.05) is 5.73 Å². The van der Waals surface area contributed by atoms with Gasteiger partial charge in [-0.3, -0.25) is 9.78 Å². The van der Waals surface area contributed by atoms with Crippen molar-refractivity contribution in [2.24, 2.45) is 0 Å². The molecule has 1 atom stereocenters. The van der Waals surface area contributed by atoms with Crippen LogP contribution >= 0.6 is 0 Å². The predicted molar refractivity (Wildman–Crippen MR) is 94.5 cm³/mol. The Balaban J connectivity index is 2.21. The summed E-state index contributed by atoms with van der Waals surface area (Å²) < 4.78 is 0. The molecule has 1 amide bonds. The number of nitrogens with one attached hydrogen (secondary N) is 1. The van der Waals surface area contributed by atoms with E-state index in [1.165, 1.54) is 0 Å². The molecule has 24 heavy (non-hydrogen) atoms. The monoisotopic (exact) mass is 327 g/mol. The van der Waals surface area contributed by atoms with Gasteiger partial charge in [0, 0.05) is 18.1 Å². The molecule has 1 unspecified atom stereocenters. The van der Waals surface area contributed by atoms with Crippen LogP contribution in [0.2, 0.25) is 0 Å². The highest BCUT2D eigenvalue weighted by Crippen LogP contribution is 2.20. The van der Waals surface area contributed by atoms with E-state index >= 15 is 0 Å². The highest BCUT2D eigenvalue weighted by Gasteiger charge is 2.18. The normalized spacial score (nSPS) is 12.2. The summed E-state index contributed by atoms with van der Waals surface area (Å²) in [6.07, 6.45) is 6.44. The van der Waals surface area contributed by atoms with Gasteiger partial charge in [0.25, 0.3) is 5.91 Å². The summed E-state index contributed by atoms with van der Waals surface area (Å²) in [4.78, 5) is 25.1. The number of pyridine rings is 1. The molecule has 2 heterocycles. The van der Waals surface area contributed by atoms with E-state index in [0.717, 1.165) is 30.5 Å². The van der Waals surface area contributed by atoms with Crippen LogP contribution in [0.4, 0.5) is 5.95 Å². The summed E-state index contributed by atoms with van der Waals surface area (Å²) in [6.45, 7) is 6.13. The molecule has 6 heteroatoms. The van der Waals surface area contributed by atoms with Crippen molar-refractivity contribution in [3.8, 4) is 0 Å². The Morgan fingerprint density at radius 3 is 2.75 bits per heavy atom. The first kappa shape index (κ1) is 17.8. The second kappa shape index (κ2) is 8.38. The van der Waals surface area contributed by atoms with Crippen molar-refractivity contribution >= 4 is 11.9 Å². The topological polar surface area (TPSA) is 93.8 Å². The number of nitrogens with zero attached hydrogens (tertiary/aromatic N) is 3. The van der Waals surface area contributed by atoms with Crippen LogP contribution < -0.4 is 11.1 Å². The molecular formula is C18H25N5O. The second-order valence-corrected chi connectivity index (χ2v) is 6.15. The van der Waals surface area contributed by atoms with Crippen molar-refractivity contribution in [1.29, 1.82) is 0 Å². The van der Waals surface area contributed by atoms with Crippen LogP contribution in [0.25, 0.3) is 0 Å². The first-order valence-electron chi connectivity index (χ1n) is 8.36. The van der Waals surface area contributed by atoms with E-state index in [0.29, 0.717) is 5.69 Å². The fraction of sp³-hybridized carbons (Fsp3) is 0.444. The average Bonchev–Trinajstić information content (AvgIpc) is 2.58. The number of nitrogen functional groups attached to an aromatic ring is 1. The molecule has 0 aromatic carbocycles. The maximum absolute atomic E-state index is 12.6. The van der Waals surface area contributed by atoms with E-state index in [2.05, 4.69) is 27.2 Å². The van der Waals surface area contributed by atoms with Crippen LogP contribution in [0.15, 0.2) is 30.6 Å². The Bertz CT molecular complexity index is 672. The second-order valence-electron chi connectivity index (χ2n) is 6.15. The first-order chi connectivity index (χ1) is 11.5. The predicted octanol–water partition coefficient (Wildman–Crippen LogP) is 3.24. The number of hydrogen-bond acceptors (Lipinski definition) is 5. The molecule has 0 saturated heterocycles. The minimum atomic E-state index is -0.240. The fourth-order valence-electron chi connectivity index (χ4n) is 2.44. The molecule has 2 aromatic rings. The number of nitrogens with two attached hydrogens (primary N) is 1. The molecule has 0 aliphatic heterocycles. The van der Waals surface area contributed by atoms with Crippen LogP contribution in [-0.2, 0) is 0 Å². The summed E-state index contributed by atoms with van der Waals surface area (Å²) >= 11 is 0. The Hall–Kier alpha value is -2.50. The Labute approximate surface area is 142 Å². The summed E-state index contributed by atoms with van der Waals surface area (Å²) in [5.74, 6) is 0.0600. The van der Waals surface area contributed by atoms with Gasteiger partial charge in [0.1, 0.15) is 5.69 Å². The lowest BCUT2D eigenvalue weighted by Crippen LogP contribution is -2.30. The molecule has 0 bridgehead atoms. The average molecular weight is 327 g/mol. The minimum Gasteiger partial charge on any atom is -0.368 e. The van der Waals surface area contributed by atoms with E-state index in [4.69, 9.17) is 5.73 Å². The van der Waals surface area contributed by atoms with Gasteiger partial charge >= 0.3 is 0 Å². The van der Waals surface area contributed by atoms with Gasteiger partial charge < -0.3 is 11.1 Å². The zero-order chi connectivity index (χ0) is 17.5. The third-order valence-corrected chi connectivity index (χ3v) is 3.83. The zero-order valence-electron chi connectivity index (χ0n) is 14.5. The molecule has 0 aliphatic carbocycles. The van der Waals surface area contributed by atoms with Crippen molar-refractivity contribution in [1.82, 2.24) is 20.3 Å². The van der Waals surface area contributed by atoms with Gasteiger partial charge in [-0.2, -0.15) is 0 Å². The largest absolute Gasteiger partial charge is 0.368 e. The molecule has 128 valence electrons. The summed E-state index contributed by atoms with van der Waals surface area (Å²) in [5.41, 5.74) is 7.80. The third kappa shape index (κ3) is 4.75. The standard InChI is InChI=1S/C18H25N5O/c1-4-5-8-14(13-7-6-9-20-11-13)21-17(24)16-10-15(12(2)3)22-18(19)23-16/h6-7,9-12,14H,4-5,8H2,1-3H3,(H,21,24)(H2,19,22,23). The lowest BCUT2D eigenvalue weighted by molar-refractivity contribution is 0.0928. The van der Waals surface area contributed by atoms with E-state index in [1.54, 1.807) is 18.5 Å².